The van der Waals surface area contributed by atoms with Crippen molar-refractivity contribution in [2.45, 2.75) is 30.4 Å². The van der Waals surface area contributed by atoms with Crippen LogP contribution in [0.2, 0.25) is 10.0 Å². The Kier molecular flexibility index (Phi) is 7.86. The van der Waals surface area contributed by atoms with Gasteiger partial charge in [-0.05, 0) is 61.4 Å². The second-order valence-corrected chi connectivity index (χ2v) is 10.5. The number of benzene rings is 3. The molecule has 1 atom stereocenters. The lowest BCUT2D eigenvalue weighted by molar-refractivity contribution is -0.115. The molecule has 0 aliphatic carbocycles. The maximum atomic E-state index is 13.0. The van der Waals surface area contributed by atoms with Crippen LogP contribution < -0.4 is 10.6 Å². The molecule has 0 saturated heterocycles. The Hall–Kier alpha value is -3.07. The van der Waals surface area contributed by atoms with Crippen molar-refractivity contribution < 1.29 is 23.1 Å². The van der Waals surface area contributed by atoms with E-state index in [1.165, 1.54) is 48.5 Å². The average Bonchev–Trinajstić information content (AvgIpc) is 2.77. The second kappa shape index (κ2) is 10.5. The first kappa shape index (κ1) is 25.6. The van der Waals surface area contributed by atoms with E-state index >= 15 is 0 Å². The van der Waals surface area contributed by atoms with Crippen molar-refractivity contribution in [1.82, 2.24) is 0 Å². The number of nitrogens with one attached hydrogen (secondary N) is 2. The van der Waals surface area contributed by atoms with Crippen molar-refractivity contribution >= 4 is 56.2 Å². The Morgan fingerprint density at radius 3 is 2.32 bits per heavy atom. The molecule has 178 valence electrons. The second-order valence-electron chi connectivity index (χ2n) is 7.56. The van der Waals surface area contributed by atoms with Crippen LogP contribution in [0.1, 0.15) is 29.3 Å². The average molecular weight is 521 g/mol. The van der Waals surface area contributed by atoms with Crippen LogP contribution in [0.3, 0.4) is 0 Å². The van der Waals surface area contributed by atoms with E-state index in [2.05, 4.69) is 10.6 Å². The van der Waals surface area contributed by atoms with Crippen LogP contribution in [0.25, 0.3) is 0 Å². The predicted molar refractivity (Wildman–Crippen MR) is 134 cm³/mol. The van der Waals surface area contributed by atoms with Crippen molar-refractivity contribution in [2.75, 3.05) is 10.6 Å². The van der Waals surface area contributed by atoms with Gasteiger partial charge in [-0.2, -0.15) is 0 Å². The maximum absolute atomic E-state index is 13.0. The highest BCUT2D eigenvalue weighted by atomic mass is 35.5. The zero-order valence-electron chi connectivity index (χ0n) is 18.3. The first-order valence-electron chi connectivity index (χ1n) is 10.2. The zero-order chi connectivity index (χ0) is 25.0. The Labute approximate surface area is 207 Å². The fourth-order valence-corrected chi connectivity index (χ4v) is 5.30. The van der Waals surface area contributed by atoms with Gasteiger partial charge in [-0.3, -0.25) is 9.59 Å². The van der Waals surface area contributed by atoms with Gasteiger partial charge in [0.25, 0.3) is 5.91 Å². The van der Waals surface area contributed by atoms with Crippen LogP contribution in [-0.4, -0.2) is 30.6 Å². The monoisotopic (exact) mass is 520 g/mol. The van der Waals surface area contributed by atoms with Gasteiger partial charge in [0.2, 0.25) is 5.91 Å². The van der Waals surface area contributed by atoms with Gasteiger partial charge in [-0.25, -0.2) is 8.42 Å². The third kappa shape index (κ3) is 5.70. The van der Waals surface area contributed by atoms with E-state index in [0.29, 0.717) is 5.02 Å². The summed E-state index contributed by atoms with van der Waals surface area (Å²) in [6, 6.07) is 14.8. The van der Waals surface area contributed by atoms with E-state index < -0.39 is 26.9 Å². The number of amides is 2. The summed E-state index contributed by atoms with van der Waals surface area (Å²) in [6.45, 7) is 3.38. The highest BCUT2D eigenvalue weighted by Gasteiger charge is 2.32. The molecule has 0 aliphatic rings. The topological polar surface area (TPSA) is 113 Å². The maximum Gasteiger partial charge on any atom is 0.255 e. The predicted octanol–water partition coefficient (Wildman–Crippen LogP) is 5.45. The molecule has 0 fully saturated rings. The summed E-state index contributed by atoms with van der Waals surface area (Å²) in [7, 11) is -3.92. The summed E-state index contributed by atoms with van der Waals surface area (Å²) in [6.07, 6.45) is 0.0614. The molecule has 0 saturated carbocycles. The molecule has 3 aromatic carbocycles. The van der Waals surface area contributed by atoms with Crippen LogP contribution in [-0.2, 0) is 14.6 Å². The number of hydrogen-bond donors (Lipinski definition) is 3. The van der Waals surface area contributed by atoms with E-state index in [9.17, 15) is 23.1 Å². The number of sulfone groups is 1. The van der Waals surface area contributed by atoms with Crippen molar-refractivity contribution in [1.29, 1.82) is 0 Å². The highest BCUT2D eigenvalue weighted by Crippen LogP contribution is 2.29. The van der Waals surface area contributed by atoms with Gasteiger partial charge in [0.1, 0.15) is 11.0 Å². The largest absolute Gasteiger partial charge is 0.506 e. The first-order chi connectivity index (χ1) is 16.0. The Bertz CT molecular complexity index is 1360. The van der Waals surface area contributed by atoms with Gasteiger partial charge in [0.15, 0.2) is 9.84 Å². The van der Waals surface area contributed by atoms with Crippen LogP contribution in [0, 0.1) is 6.92 Å². The standard InChI is InChI=1S/C24H22Cl2N2O5S/c1-3-22(34(32,33)17-6-4-5-14(2)11-17)24(31)27-16-8-10-20(21(29)13-16)28-23(30)15-7-9-18(25)19(26)12-15/h4-13,22,29H,3H2,1-2H3,(H,27,31)(H,28,30). The number of aromatic hydroxyl groups is 1. The Morgan fingerprint density at radius 1 is 0.971 bits per heavy atom. The fourth-order valence-electron chi connectivity index (χ4n) is 3.27. The molecule has 2 amide bonds. The van der Waals surface area contributed by atoms with E-state index in [-0.39, 0.29) is 39.0 Å². The number of carbonyl (C=O) groups is 2. The summed E-state index contributed by atoms with van der Waals surface area (Å²) < 4.78 is 26.0. The van der Waals surface area contributed by atoms with E-state index in [1.54, 1.807) is 26.0 Å². The smallest absolute Gasteiger partial charge is 0.255 e. The lowest BCUT2D eigenvalue weighted by atomic mass is 10.2. The van der Waals surface area contributed by atoms with Gasteiger partial charge in [0, 0.05) is 17.3 Å². The van der Waals surface area contributed by atoms with E-state index in [1.807, 2.05) is 0 Å². The van der Waals surface area contributed by atoms with Gasteiger partial charge in [0.05, 0.1) is 20.6 Å². The molecule has 1 unspecified atom stereocenters. The molecule has 7 nitrogen and oxygen atoms in total. The quantitative estimate of drug-likeness (QED) is 0.358. The summed E-state index contributed by atoms with van der Waals surface area (Å²) in [4.78, 5) is 25.3. The van der Waals surface area contributed by atoms with Gasteiger partial charge in [-0.1, -0.05) is 42.3 Å². The number of rotatable bonds is 7. The SMILES string of the molecule is CCC(C(=O)Nc1ccc(NC(=O)c2ccc(Cl)c(Cl)c2)c(O)c1)S(=O)(=O)c1cccc(C)c1. The van der Waals surface area contributed by atoms with Crippen molar-refractivity contribution in [2.24, 2.45) is 0 Å². The van der Waals surface area contributed by atoms with Crippen molar-refractivity contribution in [3.8, 4) is 5.75 Å². The third-order valence-corrected chi connectivity index (χ3v) is 8.00. The molecule has 3 N–H and O–H groups in total. The summed E-state index contributed by atoms with van der Waals surface area (Å²) in [5.41, 5.74) is 1.26. The lowest BCUT2D eigenvalue weighted by Gasteiger charge is -2.17. The van der Waals surface area contributed by atoms with E-state index in [0.717, 1.165) is 5.56 Å². The minimum atomic E-state index is -3.92. The van der Waals surface area contributed by atoms with Crippen LogP contribution in [0.4, 0.5) is 11.4 Å². The van der Waals surface area contributed by atoms with Gasteiger partial charge in [-0.15, -0.1) is 0 Å². The Balaban J connectivity index is 1.75. The van der Waals surface area contributed by atoms with Gasteiger partial charge >= 0.3 is 0 Å². The van der Waals surface area contributed by atoms with E-state index in [4.69, 9.17) is 23.2 Å². The highest BCUT2D eigenvalue weighted by molar-refractivity contribution is 7.92. The number of phenolic OH excluding ortho intramolecular Hbond substituents is 1. The minimum Gasteiger partial charge on any atom is -0.506 e. The molecule has 0 aliphatic heterocycles. The molecule has 0 aromatic heterocycles. The number of halogens is 2. The number of carbonyl (C=O) groups excluding carboxylic acids is 2. The first-order valence-corrected chi connectivity index (χ1v) is 12.5. The van der Waals surface area contributed by atoms with Crippen LogP contribution >= 0.6 is 23.2 Å². The molecule has 0 radical (unpaired) electrons. The number of aryl methyl sites for hydroxylation is 1. The van der Waals surface area contributed by atoms with Crippen molar-refractivity contribution in [3.05, 3.63) is 81.8 Å². The summed E-state index contributed by atoms with van der Waals surface area (Å²) in [5.74, 6) is -1.57. The molecule has 10 heteroatoms. The van der Waals surface area contributed by atoms with Crippen molar-refractivity contribution in [3.63, 3.8) is 0 Å². The third-order valence-electron chi connectivity index (χ3n) is 5.05. The summed E-state index contributed by atoms with van der Waals surface area (Å²) >= 11 is 11.8. The molecule has 3 rings (SSSR count). The molecule has 0 bridgehead atoms. The minimum absolute atomic E-state index is 0.0614. The zero-order valence-corrected chi connectivity index (χ0v) is 20.6. The lowest BCUT2D eigenvalue weighted by Crippen LogP contribution is -2.34. The normalized spacial score (nSPS) is 12.1. The fraction of sp³-hybridized carbons (Fsp3) is 0.167. The molecule has 3 aromatic rings. The molecule has 0 spiro atoms. The van der Waals surface area contributed by atoms with Crippen LogP contribution in [0.5, 0.6) is 5.75 Å². The van der Waals surface area contributed by atoms with Crippen LogP contribution in [0.15, 0.2) is 65.6 Å². The molecule has 0 heterocycles. The molecule has 34 heavy (non-hydrogen) atoms. The molecular weight excluding hydrogens is 499 g/mol. The number of phenols is 1. The van der Waals surface area contributed by atoms with Gasteiger partial charge < -0.3 is 15.7 Å². The molecular formula is C24H22Cl2N2O5S. The number of hydrogen-bond acceptors (Lipinski definition) is 5. The number of anilines is 2. The Morgan fingerprint density at radius 2 is 1.71 bits per heavy atom. The summed E-state index contributed by atoms with van der Waals surface area (Å²) in [5, 5.41) is 14.6.